The predicted molar refractivity (Wildman–Crippen MR) is 121 cm³/mol. The molecule has 2 aliphatic rings. The molecule has 0 aliphatic carbocycles. The fraction of sp³-hybridized carbons (Fsp3) is 0.440. The van der Waals surface area contributed by atoms with Crippen molar-refractivity contribution < 1.29 is 14.3 Å². The predicted octanol–water partition coefficient (Wildman–Crippen LogP) is 3.09. The molecule has 0 bridgehead atoms. The zero-order valence-electron chi connectivity index (χ0n) is 18.4. The van der Waals surface area contributed by atoms with Crippen LogP contribution in [0.4, 0.5) is 5.69 Å². The Balaban J connectivity index is 1.34. The Morgan fingerprint density at radius 2 is 1.77 bits per heavy atom. The van der Waals surface area contributed by atoms with E-state index in [-0.39, 0.29) is 30.2 Å². The number of anilines is 1. The largest absolute Gasteiger partial charge is 0.378 e. The highest BCUT2D eigenvalue weighted by atomic mass is 16.5. The van der Waals surface area contributed by atoms with Crippen LogP contribution in [0.1, 0.15) is 30.5 Å². The molecule has 31 heavy (non-hydrogen) atoms. The van der Waals surface area contributed by atoms with E-state index in [0.29, 0.717) is 13.1 Å². The Hall–Kier alpha value is -2.86. The van der Waals surface area contributed by atoms with Crippen molar-refractivity contribution in [1.82, 2.24) is 9.80 Å². The Labute approximate surface area is 184 Å². The van der Waals surface area contributed by atoms with E-state index in [1.54, 1.807) is 4.90 Å². The molecule has 0 radical (unpaired) electrons. The van der Waals surface area contributed by atoms with Gasteiger partial charge < -0.3 is 19.4 Å². The van der Waals surface area contributed by atoms with Crippen LogP contribution in [0.15, 0.2) is 54.6 Å². The Kier molecular flexibility index (Phi) is 6.56. The molecule has 2 aromatic rings. The summed E-state index contributed by atoms with van der Waals surface area (Å²) < 4.78 is 5.41. The van der Waals surface area contributed by atoms with Gasteiger partial charge in [-0.25, -0.2) is 0 Å². The summed E-state index contributed by atoms with van der Waals surface area (Å²) >= 11 is 0. The number of ether oxygens (including phenoxy) is 1. The van der Waals surface area contributed by atoms with Gasteiger partial charge in [0, 0.05) is 45.3 Å². The molecule has 0 N–H and O–H groups in total. The second kappa shape index (κ2) is 9.52. The molecule has 0 spiro atoms. The topological polar surface area (TPSA) is 53.1 Å². The van der Waals surface area contributed by atoms with Crippen molar-refractivity contribution in [3.63, 3.8) is 0 Å². The molecule has 2 amide bonds. The van der Waals surface area contributed by atoms with E-state index >= 15 is 0 Å². The van der Waals surface area contributed by atoms with E-state index in [0.717, 1.165) is 37.4 Å². The summed E-state index contributed by atoms with van der Waals surface area (Å²) in [6.45, 7) is 6.39. The van der Waals surface area contributed by atoms with Crippen molar-refractivity contribution in [2.45, 2.75) is 25.9 Å². The van der Waals surface area contributed by atoms with Crippen LogP contribution in [0.2, 0.25) is 0 Å². The number of hydrogen-bond donors (Lipinski definition) is 0. The molecular formula is C25H31N3O3. The Morgan fingerprint density at radius 1 is 1.10 bits per heavy atom. The fourth-order valence-electron chi connectivity index (χ4n) is 4.48. The van der Waals surface area contributed by atoms with Gasteiger partial charge in [0.05, 0.1) is 25.2 Å². The van der Waals surface area contributed by atoms with E-state index in [1.807, 2.05) is 49.2 Å². The minimum absolute atomic E-state index is 0.0236. The van der Waals surface area contributed by atoms with E-state index in [2.05, 4.69) is 29.2 Å². The van der Waals surface area contributed by atoms with Crippen molar-refractivity contribution in [3.8, 4) is 0 Å². The van der Waals surface area contributed by atoms with E-state index in [4.69, 9.17) is 4.74 Å². The summed E-state index contributed by atoms with van der Waals surface area (Å²) in [6, 6.07) is 18.3. The van der Waals surface area contributed by atoms with Crippen molar-refractivity contribution in [2.24, 2.45) is 5.92 Å². The molecule has 0 aromatic heterocycles. The van der Waals surface area contributed by atoms with Crippen molar-refractivity contribution >= 4 is 17.5 Å². The molecule has 6 heteroatoms. The first-order valence-electron chi connectivity index (χ1n) is 11.0. The SMILES string of the molecule is C[C@H](c1ccccc1)N1C[C@@H](C(=O)N(C)Cc2ccc(N3CCOCC3)cc2)CC1=O. The molecule has 2 heterocycles. The van der Waals surface area contributed by atoms with Gasteiger partial charge in [-0.15, -0.1) is 0 Å². The van der Waals surface area contributed by atoms with Crippen LogP contribution >= 0.6 is 0 Å². The van der Waals surface area contributed by atoms with Gasteiger partial charge in [-0.05, 0) is 30.2 Å². The van der Waals surface area contributed by atoms with Gasteiger partial charge in [0.15, 0.2) is 0 Å². The number of nitrogens with zero attached hydrogens (tertiary/aromatic N) is 3. The van der Waals surface area contributed by atoms with Gasteiger partial charge in [0.1, 0.15) is 0 Å². The second-order valence-electron chi connectivity index (χ2n) is 8.49. The summed E-state index contributed by atoms with van der Waals surface area (Å²) in [5, 5.41) is 0. The maximum absolute atomic E-state index is 13.0. The van der Waals surface area contributed by atoms with Crippen LogP contribution in [-0.4, -0.2) is 61.5 Å². The molecule has 2 aliphatic heterocycles. The number of carbonyl (C=O) groups excluding carboxylic acids is 2. The van der Waals surface area contributed by atoms with Crippen LogP contribution in [0, 0.1) is 5.92 Å². The second-order valence-corrected chi connectivity index (χ2v) is 8.49. The molecule has 0 saturated carbocycles. The summed E-state index contributed by atoms with van der Waals surface area (Å²) in [5.41, 5.74) is 3.37. The Bertz CT molecular complexity index is 894. The molecular weight excluding hydrogens is 390 g/mol. The smallest absolute Gasteiger partial charge is 0.228 e. The molecule has 2 fully saturated rings. The normalized spacial score (nSPS) is 20.1. The highest BCUT2D eigenvalue weighted by Crippen LogP contribution is 2.29. The zero-order valence-corrected chi connectivity index (χ0v) is 18.4. The number of amides is 2. The van der Waals surface area contributed by atoms with Gasteiger partial charge in [0.2, 0.25) is 11.8 Å². The van der Waals surface area contributed by atoms with Crippen molar-refractivity contribution in [3.05, 3.63) is 65.7 Å². The van der Waals surface area contributed by atoms with Crippen LogP contribution in [0.3, 0.4) is 0 Å². The minimum atomic E-state index is -0.281. The molecule has 4 rings (SSSR count). The van der Waals surface area contributed by atoms with Crippen molar-refractivity contribution in [1.29, 1.82) is 0 Å². The van der Waals surface area contributed by atoms with Gasteiger partial charge >= 0.3 is 0 Å². The number of carbonyl (C=O) groups is 2. The molecule has 2 saturated heterocycles. The first kappa shape index (κ1) is 21.4. The van der Waals surface area contributed by atoms with Gasteiger partial charge in [-0.1, -0.05) is 42.5 Å². The molecule has 164 valence electrons. The number of morpholine rings is 1. The third-order valence-corrected chi connectivity index (χ3v) is 6.37. The van der Waals surface area contributed by atoms with Gasteiger partial charge in [-0.2, -0.15) is 0 Å². The van der Waals surface area contributed by atoms with Crippen LogP contribution in [0.25, 0.3) is 0 Å². The van der Waals surface area contributed by atoms with Gasteiger partial charge in [0.25, 0.3) is 0 Å². The monoisotopic (exact) mass is 421 g/mol. The minimum Gasteiger partial charge on any atom is -0.378 e. The fourth-order valence-corrected chi connectivity index (χ4v) is 4.48. The molecule has 6 nitrogen and oxygen atoms in total. The van der Waals surface area contributed by atoms with Crippen molar-refractivity contribution in [2.75, 3.05) is 44.8 Å². The van der Waals surface area contributed by atoms with Crippen LogP contribution in [-0.2, 0) is 20.9 Å². The average molecular weight is 422 g/mol. The lowest BCUT2D eigenvalue weighted by atomic mass is 10.1. The van der Waals surface area contributed by atoms with Crippen LogP contribution < -0.4 is 4.90 Å². The summed E-state index contributed by atoms with van der Waals surface area (Å²) in [5.74, 6) is -0.192. The number of rotatable bonds is 6. The Morgan fingerprint density at radius 3 is 2.45 bits per heavy atom. The summed E-state index contributed by atoms with van der Waals surface area (Å²) in [4.78, 5) is 31.6. The highest BCUT2D eigenvalue weighted by molar-refractivity contribution is 5.89. The maximum Gasteiger partial charge on any atom is 0.228 e. The number of hydrogen-bond acceptors (Lipinski definition) is 4. The van der Waals surface area contributed by atoms with E-state index in [1.165, 1.54) is 5.69 Å². The third kappa shape index (κ3) is 4.90. The van der Waals surface area contributed by atoms with E-state index < -0.39 is 0 Å². The lowest BCUT2D eigenvalue weighted by Crippen LogP contribution is -2.36. The molecule has 2 aromatic carbocycles. The number of benzene rings is 2. The molecule has 2 atom stereocenters. The first-order valence-corrected chi connectivity index (χ1v) is 11.0. The summed E-state index contributed by atoms with van der Waals surface area (Å²) in [6.07, 6.45) is 0.288. The third-order valence-electron chi connectivity index (χ3n) is 6.37. The standard InChI is InChI=1S/C25H31N3O3/c1-19(21-6-4-3-5-7-21)28-18-22(16-24(28)29)25(30)26(2)17-20-8-10-23(11-9-20)27-12-14-31-15-13-27/h3-11,19,22H,12-18H2,1-2H3/t19-,22+/m1/s1. The average Bonchev–Trinajstić information content (AvgIpc) is 3.21. The quantitative estimate of drug-likeness (QED) is 0.719. The highest BCUT2D eigenvalue weighted by Gasteiger charge is 2.38. The van der Waals surface area contributed by atoms with Crippen LogP contribution in [0.5, 0.6) is 0 Å². The zero-order chi connectivity index (χ0) is 21.8. The lowest BCUT2D eigenvalue weighted by molar-refractivity contribution is -0.135. The molecule has 0 unspecified atom stereocenters. The van der Waals surface area contributed by atoms with E-state index in [9.17, 15) is 9.59 Å². The maximum atomic E-state index is 13.0. The number of likely N-dealkylation sites (tertiary alicyclic amines) is 1. The van der Waals surface area contributed by atoms with Gasteiger partial charge in [-0.3, -0.25) is 9.59 Å². The lowest BCUT2D eigenvalue weighted by Gasteiger charge is -2.29. The summed E-state index contributed by atoms with van der Waals surface area (Å²) in [7, 11) is 1.83. The first-order chi connectivity index (χ1) is 15.0.